The third kappa shape index (κ3) is 7.62. The summed E-state index contributed by atoms with van der Waals surface area (Å²) in [7, 11) is 0. The van der Waals surface area contributed by atoms with Gasteiger partial charge in [-0.25, -0.2) is 0 Å². The lowest BCUT2D eigenvalue weighted by Crippen LogP contribution is -2.16. The Hall–Kier alpha value is -2.10. The molecule has 0 N–H and O–H groups in total. The first-order valence-corrected chi connectivity index (χ1v) is 7.68. The van der Waals surface area contributed by atoms with E-state index >= 15 is 0 Å². The van der Waals surface area contributed by atoms with Crippen LogP contribution < -0.4 is 0 Å². The third-order valence-electron chi connectivity index (χ3n) is 3.10. The van der Waals surface area contributed by atoms with Crippen LogP contribution in [-0.2, 0) is 19.1 Å². The zero-order valence-electron chi connectivity index (χ0n) is 13.3. The van der Waals surface area contributed by atoms with Crippen LogP contribution in [0.5, 0.6) is 0 Å². The predicted octanol–water partition coefficient (Wildman–Crippen LogP) is 3.61. The molecule has 0 atom stereocenters. The molecule has 0 spiro atoms. The molecule has 0 radical (unpaired) electrons. The van der Waals surface area contributed by atoms with Crippen molar-refractivity contribution >= 4 is 18.0 Å². The van der Waals surface area contributed by atoms with Crippen molar-refractivity contribution in [1.82, 2.24) is 0 Å². The fourth-order valence-corrected chi connectivity index (χ4v) is 2.11. The largest absolute Gasteiger partial charge is 0.466 e. The lowest BCUT2D eigenvalue weighted by Gasteiger charge is -2.13. The summed E-state index contributed by atoms with van der Waals surface area (Å²) in [5, 5.41) is 0. The van der Waals surface area contributed by atoms with Crippen LogP contribution in [0.1, 0.15) is 38.7 Å². The first kappa shape index (κ1) is 18.0. The van der Waals surface area contributed by atoms with Gasteiger partial charge < -0.3 is 9.47 Å². The van der Waals surface area contributed by atoms with Gasteiger partial charge in [0.25, 0.3) is 0 Å². The first-order valence-electron chi connectivity index (χ1n) is 7.68. The molecular weight excluding hydrogens is 280 g/mol. The van der Waals surface area contributed by atoms with E-state index in [9.17, 15) is 9.59 Å². The van der Waals surface area contributed by atoms with E-state index in [-0.39, 0.29) is 30.7 Å². The van der Waals surface area contributed by atoms with Gasteiger partial charge in [0.1, 0.15) is 0 Å². The summed E-state index contributed by atoms with van der Waals surface area (Å²) in [4.78, 5) is 23.3. The van der Waals surface area contributed by atoms with Crippen LogP contribution in [0.15, 0.2) is 36.4 Å². The Labute approximate surface area is 132 Å². The Bertz CT molecular complexity index is 459. The van der Waals surface area contributed by atoms with Crippen molar-refractivity contribution in [2.24, 2.45) is 5.92 Å². The second-order valence-corrected chi connectivity index (χ2v) is 4.93. The van der Waals surface area contributed by atoms with Gasteiger partial charge in [-0.1, -0.05) is 42.5 Å². The maximum absolute atomic E-state index is 11.6. The minimum Gasteiger partial charge on any atom is -0.466 e. The minimum absolute atomic E-state index is 0.0990. The monoisotopic (exact) mass is 304 g/mol. The number of hydrogen-bond donors (Lipinski definition) is 0. The van der Waals surface area contributed by atoms with Crippen LogP contribution in [0, 0.1) is 5.92 Å². The Morgan fingerprint density at radius 1 is 1.00 bits per heavy atom. The minimum atomic E-state index is -0.273. The molecule has 1 aromatic rings. The highest BCUT2D eigenvalue weighted by molar-refractivity contribution is 5.73. The number of rotatable bonds is 9. The second kappa shape index (κ2) is 10.6. The maximum Gasteiger partial charge on any atom is 0.306 e. The maximum atomic E-state index is 11.6. The molecule has 0 aliphatic carbocycles. The number of benzene rings is 1. The Balaban J connectivity index is 2.58. The van der Waals surface area contributed by atoms with E-state index in [4.69, 9.17) is 9.47 Å². The fraction of sp³-hybridized carbons (Fsp3) is 0.444. The SMILES string of the molecule is CCOC(=O)CC(CC=Cc1ccccc1)CC(=O)OCC. The standard InChI is InChI=1S/C18H24O4/c1-3-21-17(19)13-16(14-18(20)22-4-2)12-8-11-15-9-6-5-7-10-15/h5-11,16H,3-4,12-14H2,1-2H3. The highest BCUT2D eigenvalue weighted by Gasteiger charge is 2.18. The normalized spacial score (nSPS) is 10.9. The predicted molar refractivity (Wildman–Crippen MR) is 86.1 cm³/mol. The Morgan fingerprint density at radius 2 is 1.55 bits per heavy atom. The zero-order valence-corrected chi connectivity index (χ0v) is 13.3. The molecule has 4 heteroatoms. The van der Waals surface area contributed by atoms with Crippen molar-refractivity contribution < 1.29 is 19.1 Å². The van der Waals surface area contributed by atoms with Crippen LogP contribution in [0.4, 0.5) is 0 Å². The summed E-state index contributed by atoms with van der Waals surface area (Å²) in [5.74, 6) is -0.645. The van der Waals surface area contributed by atoms with Gasteiger partial charge in [0.15, 0.2) is 0 Å². The van der Waals surface area contributed by atoms with Crippen molar-refractivity contribution in [3.05, 3.63) is 42.0 Å². The zero-order chi connectivity index (χ0) is 16.2. The van der Waals surface area contributed by atoms with E-state index in [1.807, 2.05) is 42.5 Å². The topological polar surface area (TPSA) is 52.6 Å². The molecule has 0 unspecified atom stereocenters. The van der Waals surface area contributed by atoms with Crippen molar-refractivity contribution in [2.75, 3.05) is 13.2 Å². The van der Waals surface area contributed by atoms with E-state index in [0.29, 0.717) is 19.6 Å². The summed E-state index contributed by atoms with van der Waals surface area (Å²) in [6.45, 7) is 4.25. The highest BCUT2D eigenvalue weighted by atomic mass is 16.5. The smallest absolute Gasteiger partial charge is 0.306 e. The van der Waals surface area contributed by atoms with E-state index in [2.05, 4.69) is 0 Å². The van der Waals surface area contributed by atoms with Gasteiger partial charge in [0.05, 0.1) is 13.2 Å². The number of allylic oxidation sites excluding steroid dienone is 1. The van der Waals surface area contributed by atoms with Crippen LogP contribution in [0.25, 0.3) is 6.08 Å². The summed E-state index contributed by atoms with van der Waals surface area (Å²) in [6.07, 6.45) is 5.06. The number of hydrogen-bond acceptors (Lipinski definition) is 4. The van der Waals surface area contributed by atoms with Crippen molar-refractivity contribution in [2.45, 2.75) is 33.1 Å². The van der Waals surface area contributed by atoms with Crippen LogP contribution in [-0.4, -0.2) is 25.2 Å². The second-order valence-electron chi connectivity index (χ2n) is 4.93. The lowest BCUT2D eigenvalue weighted by atomic mass is 9.97. The first-order chi connectivity index (χ1) is 10.7. The molecule has 120 valence electrons. The van der Waals surface area contributed by atoms with Crippen molar-refractivity contribution in [3.8, 4) is 0 Å². The number of esters is 2. The Kier molecular flexibility index (Phi) is 8.65. The molecule has 0 aromatic heterocycles. The Morgan fingerprint density at radius 3 is 2.05 bits per heavy atom. The van der Waals surface area contributed by atoms with Gasteiger partial charge in [-0.05, 0) is 31.7 Å². The van der Waals surface area contributed by atoms with Gasteiger partial charge in [0.2, 0.25) is 0 Å². The molecule has 0 heterocycles. The van der Waals surface area contributed by atoms with Crippen LogP contribution in [0.3, 0.4) is 0 Å². The van der Waals surface area contributed by atoms with Crippen molar-refractivity contribution in [1.29, 1.82) is 0 Å². The van der Waals surface area contributed by atoms with Gasteiger partial charge in [-0.2, -0.15) is 0 Å². The molecule has 0 aliphatic rings. The molecule has 0 fully saturated rings. The molecule has 0 saturated heterocycles. The molecule has 1 rings (SSSR count). The molecule has 0 saturated carbocycles. The number of carbonyl (C=O) groups is 2. The molecule has 1 aromatic carbocycles. The molecular formula is C18H24O4. The third-order valence-corrected chi connectivity index (χ3v) is 3.10. The highest BCUT2D eigenvalue weighted by Crippen LogP contribution is 2.17. The van der Waals surface area contributed by atoms with Gasteiger partial charge in [-0.15, -0.1) is 0 Å². The quantitative estimate of drug-likeness (QED) is 0.654. The van der Waals surface area contributed by atoms with E-state index in [1.54, 1.807) is 13.8 Å². The molecule has 0 aliphatic heterocycles. The number of carbonyl (C=O) groups excluding carboxylic acids is 2. The van der Waals surface area contributed by atoms with Crippen LogP contribution in [0.2, 0.25) is 0 Å². The lowest BCUT2D eigenvalue weighted by molar-refractivity contribution is -0.146. The summed E-state index contributed by atoms with van der Waals surface area (Å²) in [6, 6.07) is 9.90. The molecule has 0 amide bonds. The summed E-state index contributed by atoms with van der Waals surface area (Å²) >= 11 is 0. The average molecular weight is 304 g/mol. The van der Waals surface area contributed by atoms with Gasteiger partial charge >= 0.3 is 11.9 Å². The molecule has 0 bridgehead atoms. The van der Waals surface area contributed by atoms with E-state index < -0.39 is 0 Å². The van der Waals surface area contributed by atoms with E-state index in [0.717, 1.165) is 5.56 Å². The summed E-state index contributed by atoms with van der Waals surface area (Å²) < 4.78 is 9.93. The average Bonchev–Trinajstić information content (AvgIpc) is 2.48. The van der Waals surface area contributed by atoms with Crippen molar-refractivity contribution in [3.63, 3.8) is 0 Å². The number of ether oxygens (including phenoxy) is 2. The molecule has 4 nitrogen and oxygen atoms in total. The van der Waals surface area contributed by atoms with E-state index in [1.165, 1.54) is 0 Å². The van der Waals surface area contributed by atoms with Gasteiger partial charge in [0, 0.05) is 12.8 Å². The van der Waals surface area contributed by atoms with Gasteiger partial charge in [-0.3, -0.25) is 9.59 Å². The molecule has 22 heavy (non-hydrogen) atoms. The van der Waals surface area contributed by atoms with Crippen LogP contribution >= 0.6 is 0 Å². The fourth-order valence-electron chi connectivity index (χ4n) is 2.11. The summed E-state index contributed by atoms with van der Waals surface area (Å²) in [5.41, 5.74) is 1.09.